The molecule has 1 aliphatic heterocycles. The highest BCUT2D eigenvalue weighted by molar-refractivity contribution is 5.95. The van der Waals surface area contributed by atoms with Crippen molar-refractivity contribution < 1.29 is 15.0 Å². The molecule has 0 bridgehead atoms. The predicted molar refractivity (Wildman–Crippen MR) is 90.1 cm³/mol. The van der Waals surface area contributed by atoms with Crippen molar-refractivity contribution in [2.45, 2.75) is 32.7 Å². The third kappa shape index (κ3) is 3.12. The SMILES string of the molecule is Cc1c(CCN2CCCC2)c2cc(C(=O)O)ccc2n1CCO. The van der Waals surface area contributed by atoms with Crippen LogP contribution < -0.4 is 0 Å². The molecule has 1 aliphatic rings. The van der Waals surface area contributed by atoms with Crippen molar-refractivity contribution in [3.63, 3.8) is 0 Å². The number of carbonyl (C=O) groups is 1. The molecule has 5 nitrogen and oxygen atoms in total. The van der Waals surface area contributed by atoms with Gasteiger partial charge in [0.15, 0.2) is 0 Å². The average molecular weight is 316 g/mol. The molecule has 2 aromatic rings. The molecule has 2 N–H and O–H groups in total. The van der Waals surface area contributed by atoms with Crippen molar-refractivity contribution in [2.75, 3.05) is 26.2 Å². The summed E-state index contributed by atoms with van der Waals surface area (Å²) in [4.78, 5) is 13.8. The Morgan fingerprint density at radius 2 is 1.96 bits per heavy atom. The second-order valence-corrected chi connectivity index (χ2v) is 6.28. The lowest BCUT2D eigenvalue weighted by molar-refractivity contribution is 0.0697. The number of carboxylic acid groups (broad SMARTS) is 1. The van der Waals surface area contributed by atoms with Gasteiger partial charge in [-0.25, -0.2) is 4.79 Å². The van der Waals surface area contributed by atoms with Gasteiger partial charge in [0, 0.05) is 29.7 Å². The Morgan fingerprint density at radius 3 is 2.61 bits per heavy atom. The summed E-state index contributed by atoms with van der Waals surface area (Å²) in [7, 11) is 0. The van der Waals surface area contributed by atoms with Crippen LogP contribution in [0.2, 0.25) is 0 Å². The summed E-state index contributed by atoms with van der Waals surface area (Å²) < 4.78 is 2.10. The normalized spacial score (nSPS) is 15.6. The predicted octanol–water partition coefficient (Wildman–Crippen LogP) is 2.28. The van der Waals surface area contributed by atoms with Gasteiger partial charge in [0.05, 0.1) is 12.2 Å². The standard InChI is InChI=1S/C18H24N2O3/c1-13-15(6-9-19-7-2-3-8-19)16-12-14(18(22)23)4-5-17(16)20(13)10-11-21/h4-5,12,21H,2-3,6-11H2,1H3,(H,22,23). The molecular weight excluding hydrogens is 292 g/mol. The number of aliphatic hydroxyl groups is 1. The first-order valence-electron chi connectivity index (χ1n) is 8.30. The van der Waals surface area contributed by atoms with E-state index in [0.717, 1.165) is 42.7 Å². The summed E-state index contributed by atoms with van der Waals surface area (Å²) in [5, 5.41) is 19.6. The number of nitrogens with zero attached hydrogens (tertiary/aromatic N) is 2. The van der Waals surface area contributed by atoms with Gasteiger partial charge >= 0.3 is 5.97 Å². The fraction of sp³-hybridized carbons (Fsp3) is 0.500. The van der Waals surface area contributed by atoms with Crippen molar-refractivity contribution in [3.8, 4) is 0 Å². The summed E-state index contributed by atoms with van der Waals surface area (Å²) in [6.45, 7) is 6.02. The van der Waals surface area contributed by atoms with E-state index in [-0.39, 0.29) is 6.61 Å². The van der Waals surface area contributed by atoms with Crippen molar-refractivity contribution in [2.24, 2.45) is 0 Å². The lowest BCUT2D eigenvalue weighted by atomic mass is 10.1. The lowest BCUT2D eigenvalue weighted by Gasteiger charge is -2.14. The molecule has 0 atom stereocenters. The number of benzene rings is 1. The maximum absolute atomic E-state index is 11.3. The number of aromatic carboxylic acids is 1. The van der Waals surface area contributed by atoms with E-state index in [1.54, 1.807) is 12.1 Å². The zero-order valence-corrected chi connectivity index (χ0v) is 13.6. The van der Waals surface area contributed by atoms with E-state index in [1.807, 2.05) is 6.07 Å². The van der Waals surface area contributed by atoms with E-state index >= 15 is 0 Å². The Morgan fingerprint density at radius 1 is 1.22 bits per heavy atom. The van der Waals surface area contributed by atoms with Gasteiger partial charge in [-0.1, -0.05) is 0 Å². The number of carboxylic acids is 1. The second-order valence-electron chi connectivity index (χ2n) is 6.28. The van der Waals surface area contributed by atoms with Crippen LogP contribution in [-0.2, 0) is 13.0 Å². The highest BCUT2D eigenvalue weighted by Gasteiger charge is 2.18. The molecule has 5 heteroatoms. The molecule has 1 saturated heterocycles. The monoisotopic (exact) mass is 316 g/mol. The highest BCUT2D eigenvalue weighted by Crippen LogP contribution is 2.28. The Hall–Kier alpha value is -1.85. The van der Waals surface area contributed by atoms with E-state index in [4.69, 9.17) is 0 Å². The van der Waals surface area contributed by atoms with Crippen LogP contribution in [0, 0.1) is 6.92 Å². The van der Waals surface area contributed by atoms with Gasteiger partial charge in [-0.3, -0.25) is 0 Å². The van der Waals surface area contributed by atoms with Gasteiger partial charge in [0.1, 0.15) is 0 Å². The van der Waals surface area contributed by atoms with Crippen molar-refractivity contribution in [3.05, 3.63) is 35.0 Å². The van der Waals surface area contributed by atoms with Crippen LogP contribution in [0.1, 0.15) is 34.5 Å². The molecule has 0 aliphatic carbocycles. The molecule has 124 valence electrons. The molecule has 2 heterocycles. The van der Waals surface area contributed by atoms with Crippen molar-refractivity contribution in [1.29, 1.82) is 0 Å². The number of hydrogen-bond acceptors (Lipinski definition) is 3. The number of rotatable bonds is 6. The van der Waals surface area contributed by atoms with E-state index in [0.29, 0.717) is 12.1 Å². The number of aliphatic hydroxyl groups excluding tert-OH is 1. The number of hydrogen-bond donors (Lipinski definition) is 2. The van der Waals surface area contributed by atoms with E-state index in [1.165, 1.54) is 18.4 Å². The van der Waals surface area contributed by atoms with Crippen LogP contribution >= 0.6 is 0 Å². The lowest BCUT2D eigenvalue weighted by Crippen LogP contribution is -2.22. The molecule has 1 fully saturated rings. The molecule has 0 spiro atoms. The first-order valence-corrected chi connectivity index (χ1v) is 8.30. The molecule has 0 radical (unpaired) electrons. The third-order valence-corrected chi connectivity index (χ3v) is 4.90. The minimum Gasteiger partial charge on any atom is -0.478 e. The van der Waals surface area contributed by atoms with Gasteiger partial charge in [-0.15, -0.1) is 0 Å². The van der Waals surface area contributed by atoms with Crippen LogP contribution in [0.25, 0.3) is 10.9 Å². The van der Waals surface area contributed by atoms with Gasteiger partial charge in [0.25, 0.3) is 0 Å². The van der Waals surface area contributed by atoms with Crippen LogP contribution in [0.15, 0.2) is 18.2 Å². The minimum absolute atomic E-state index is 0.0802. The summed E-state index contributed by atoms with van der Waals surface area (Å²) in [5.41, 5.74) is 3.68. The maximum atomic E-state index is 11.3. The zero-order chi connectivity index (χ0) is 16.4. The maximum Gasteiger partial charge on any atom is 0.335 e. The zero-order valence-electron chi connectivity index (χ0n) is 13.6. The Balaban J connectivity index is 1.99. The second kappa shape index (κ2) is 6.72. The number of aromatic nitrogens is 1. The summed E-state index contributed by atoms with van der Waals surface area (Å²) >= 11 is 0. The number of fused-ring (bicyclic) bond motifs is 1. The Labute approximate surface area is 136 Å². The molecule has 1 aromatic carbocycles. The Kier molecular flexibility index (Phi) is 4.68. The topological polar surface area (TPSA) is 65.7 Å². The van der Waals surface area contributed by atoms with Crippen molar-refractivity contribution in [1.82, 2.24) is 9.47 Å². The minimum atomic E-state index is -0.898. The molecule has 0 saturated carbocycles. The number of likely N-dealkylation sites (tertiary alicyclic amines) is 1. The van der Waals surface area contributed by atoms with Gasteiger partial charge in [0.2, 0.25) is 0 Å². The molecule has 23 heavy (non-hydrogen) atoms. The Bertz CT molecular complexity index is 715. The summed E-state index contributed by atoms with van der Waals surface area (Å²) in [5.74, 6) is -0.898. The molecular formula is C18H24N2O3. The fourth-order valence-electron chi connectivity index (χ4n) is 3.66. The van der Waals surface area contributed by atoms with E-state index in [9.17, 15) is 15.0 Å². The van der Waals surface area contributed by atoms with E-state index in [2.05, 4.69) is 16.4 Å². The highest BCUT2D eigenvalue weighted by atomic mass is 16.4. The van der Waals surface area contributed by atoms with Crippen LogP contribution in [0.3, 0.4) is 0 Å². The van der Waals surface area contributed by atoms with E-state index < -0.39 is 5.97 Å². The first-order chi connectivity index (χ1) is 11.1. The third-order valence-electron chi connectivity index (χ3n) is 4.90. The van der Waals surface area contributed by atoms with Crippen LogP contribution in [0.4, 0.5) is 0 Å². The van der Waals surface area contributed by atoms with Crippen molar-refractivity contribution >= 4 is 16.9 Å². The largest absolute Gasteiger partial charge is 0.478 e. The smallest absolute Gasteiger partial charge is 0.335 e. The average Bonchev–Trinajstić information content (AvgIpc) is 3.13. The first kappa shape index (κ1) is 16.0. The van der Waals surface area contributed by atoms with Crippen LogP contribution in [-0.4, -0.2) is 51.9 Å². The fourth-order valence-corrected chi connectivity index (χ4v) is 3.66. The summed E-state index contributed by atoms with van der Waals surface area (Å²) in [6, 6.07) is 5.28. The quantitative estimate of drug-likeness (QED) is 0.858. The summed E-state index contributed by atoms with van der Waals surface area (Å²) in [6.07, 6.45) is 3.46. The van der Waals surface area contributed by atoms with Crippen LogP contribution in [0.5, 0.6) is 0 Å². The molecule has 1 aromatic heterocycles. The molecule has 0 amide bonds. The molecule has 0 unspecified atom stereocenters. The molecule has 3 rings (SSSR count). The van der Waals surface area contributed by atoms with Gasteiger partial charge < -0.3 is 19.7 Å². The van der Waals surface area contributed by atoms with Gasteiger partial charge in [-0.2, -0.15) is 0 Å². The van der Waals surface area contributed by atoms with Gasteiger partial charge in [-0.05, 0) is 63.0 Å².